The van der Waals surface area contributed by atoms with Gasteiger partial charge in [0.1, 0.15) is 17.9 Å². The van der Waals surface area contributed by atoms with Crippen LogP contribution in [0.4, 0.5) is 10.3 Å². The minimum atomic E-state index is -0.486. The standard InChI is InChI=1S/C22H22FN5O3/c1-22(2)11-27(10-18(29)15-5-4-14(23)8-19(15)31-3)21-26-17(9-20(30)28(21)12-22)16-6-7-24-13-25-16/h4-9,13H,10-12H2,1-3H3. The second kappa shape index (κ2) is 7.90. The zero-order valence-corrected chi connectivity index (χ0v) is 17.5. The summed E-state index contributed by atoms with van der Waals surface area (Å²) in [4.78, 5) is 40.5. The van der Waals surface area contributed by atoms with Gasteiger partial charge in [0.05, 0.1) is 30.6 Å². The summed E-state index contributed by atoms with van der Waals surface area (Å²) in [5.74, 6) is -0.181. The first-order chi connectivity index (χ1) is 14.8. The van der Waals surface area contributed by atoms with Gasteiger partial charge in [-0.2, -0.15) is 0 Å². The van der Waals surface area contributed by atoms with Gasteiger partial charge in [-0.05, 0) is 18.2 Å². The molecule has 0 saturated heterocycles. The Bertz CT molecular complexity index is 1190. The van der Waals surface area contributed by atoms with Gasteiger partial charge in [-0.1, -0.05) is 13.8 Å². The van der Waals surface area contributed by atoms with Crippen molar-refractivity contribution in [2.24, 2.45) is 5.41 Å². The Morgan fingerprint density at radius 1 is 1.19 bits per heavy atom. The molecule has 3 heterocycles. The van der Waals surface area contributed by atoms with Crippen molar-refractivity contribution in [1.82, 2.24) is 19.5 Å². The maximum Gasteiger partial charge on any atom is 0.255 e. The van der Waals surface area contributed by atoms with Crippen molar-refractivity contribution in [3.8, 4) is 17.1 Å². The lowest BCUT2D eigenvalue weighted by Gasteiger charge is -2.40. The van der Waals surface area contributed by atoms with Crippen LogP contribution in [0.1, 0.15) is 24.2 Å². The lowest BCUT2D eigenvalue weighted by atomic mass is 9.90. The molecule has 0 fully saturated rings. The van der Waals surface area contributed by atoms with E-state index in [0.717, 1.165) is 0 Å². The van der Waals surface area contributed by atoms with Crippen LogP contribution in [0.3, 0.4) is 0 Å². The Morgan fingerprint density at radius 3 is 2.71 bits per heavy atom. The maximum absolute atomic E-state index is 13.5. The molecule has 9 heteroatoms. The van der Waals surface area contributed by atoms with Crippen LogP contribution in [-0.2, 0) is 6.54 Å². The number of aromatic nitrogens is 4. The van der Waals surface area contributed by atoms with E-state index in [1.54, 1.807) is 21.7 Å². The van der Waals surface area contributed by atoms with E-state index in [1.165, 1.54) is 37.7 Å². The van der Waals surface area contributed by atoms with Gasteiger partial charge in [-0.15, -0.1) is 0 Å². The van der Waals surface area contributed by atoms with Gasteiger partial charge in [-0.3, -0.25) is 14.2 Å². The fraction of sp³-hybridized carbons (Fsp3) is 0.318. The van der Waals surface area contributed by atoms with Crippen LogP contribution >= 0.6 is 0 Å². The number of rotatable bonds is 5. The summed E-state index contributed by atoms with van der Waals surface area (Å²) in [5, 5.41) is 0. The number of ether oxygens (including phenoxy) is 1. The first-order valence-corrected chi connectivity index (χ1v) is 9.77. The van der Waals surface area contributed by atoms with E-state index in [4.69, 9.17) is 4.74 Å². The molecule has 1 aliphatic heterocycles. The fourth-order valence-electron chi connectivity index (χ4n) is 3.80. The summed E-state index contributed by atoms with van der Waals surface area (Å²) in [6.07, 6.45) is 2.96. The number of anilines is 1. The third-order valence-electron chi connectivity index (χ3n) is 5.12. The second-order valence-corrected chi connectivity index (χ2v) is 8.25. The van der Waals surface area contributed by atoms with E-state index in [1.807, 2.05) is 13.8 Å². The van der Waals surface area contributed by atoms with Gasteiger partial charge < -0.3 is 9.64 Å². The Kier molecular flexibility index (Phi) is 5.26. The number of halogens is 1. The van der Waals surface area contributed by atoms with Crippen molar-refractivity contribution < 1.29 is 13.9 Å². The number of ketones is 1. The van der Waals surface area contributed by atoms with Crippen molar-refractivity contribution in [3.63, 3.8) is 0 Å². The van der Waals surface area contributed by atoms with Gasteiger partial charge in [0.25, 0.3) is 5.56 Å². The molecule has 0 spiro atoms. The van der Waals surface area contributed by atoms with Crippen LogP contribution in [0.25, 0.3) is 11.4 Å². The summed E-state index contributed by atoms with van der Waals surface area (Å²) >= 11 is 0. The van der Waals surface area contributed by atoms with E-state index in [-0.39, 0.29) is 34.6 Å². The first-order valence-electron chi connectivity index (χ1n) is 9.77. The van der Waals surface area contributed by atoms with Crippen molar-refractivity contribution in [1.29, 1.82) is 0 Å². The topological polar surface area (TPSA) is 90.2 Å². The van der Waals surface area contributed by atoms with Crippen molar-refractivity contribution in [2.75, 3.05) is 25.1 Å². The van der Waals surface area contributed by atoms with E-state index in [2.05, 4.69) is 15.0 Å². The van der Waals surface area contributed by atoms with E-state index in [9.17, 15) is 14.0 Å². The molecule has 31 heavy (non-hydrogen) atoms. The first kappa shape index (κ1) is 20.6. The lowest BCUT2D eigenvalue weighted by Crippen LogP contribution is -2.49. The van der Waals surface area contributed by atoms with Crippen LogP contribution in [0.5, 0.6) is 5.75 Å². The van der Waals surface area contributed by atoms with Crippen molar-refractivity contribution >= 4 is 11.7 Å². The molecule has 0 N–H and O–H groups in total. The van der Waals surface area contributed by atoms with Crippen LogP contribution in [0.15, 0.2) is 47.7 Å². The highest BCUT2D eigenvalue weighted by molar-refractivity contribution is 6.01. The molecular formula is C22H22FN5O3. The number of nitrogens with zero attached hydrogens (tertiary/aromatic N) is 5. The normalized spacial score (nSPS) is 14.8. The van der Waals surface area contributed by atoms with Crippen LogP contribution in [0.2, 0.25) is 0 Å². The third-order valence-corrected chi connectivity index (χ3v) is 5.12. The Labute approximate surface area is 178 Å². The van der Waals surface area contributed by atoms with Gasteiger partial charge in [0.15, 0.2) is 5.78 Å². The molecule has 160 valence electrons. The molecule has 0 radical (unpaired) electrons. The predicted molar refractivity (Wildman–Crippen MR) is 113 cm³/mol. The van der Waals surface area contributed by atoms with Gasteiger partial charge in [0, 0.05) is 36.8 Å². The van der Waals surface area contributed by atoms with Crippen molar-refractivity contribution in [2.45, 2.75) is 20.4 Å². The summed E-state index contributed by atoms with van der Waals surface area (Å²) < 4.78 is 20.3. The lowest BCUT2D eigenvalue weighted by molar-refractivity contribution is 0.0990. The minimum Gasteiger partial charge on any atom is -0.496 e. The Hall–Kier alpha value is -3.62. The number of carbonyl (C=O) groups excluding carboxylic acids is 1. The number of methoxy groups -OCH3 is 1. The van der Waals surface area contributed by atoms with Crippen LogP contribution in [-0.4, -0.2) is 45.5 Å². The smallest absolute Gasteiger partial charge is 0.255 e. The number of Topliss-reactive ketones (excluding diaryl/α,β-unsaturated/α-hetero) is 1. The molecule has 1 aliphatic rings. The van der Waals surface area contributed by atoms with E-state index >= 15 is 0 Å². The number of benzene rings is 1. The highest BCUT2D eigenvalue weighted by Gasteiger charge is 2.33. The molecule has 4 rings (SSSR count). The van der Waals surface area contributed by atoms with Gasteiger partial charge in [0.2, 0.25) is 5.95 Å². The minimum absolute atomic E-state index is 0.0366. The maximum atomic E-state index is 13.5. The molecule has 0 atom stereocenters. The summed E-state index contributed by atoms with van der Waals surface area (Å²) in [5.41, 5.74) is 0.723. The SMILES string of the molecule is COc1cc(F)ccc1C(=O)CN1CC(C)(C)Cn2c1nc(-c1ccncn1)cc2=O. The Balaban J connectivity index is 1.75. The quantitative estimate of drug-likeness (QED) is 0.583. The molecule has 2 aromatic heterocycles. The average molecular weight is 423 g/mol. The molecule has 8 nitrogen and oxygen atoms in total. The predicted octanol–water partition coefficient (Wildman–Crippen LogP) is 2.58. The fourth-order valence-corrected chi connectivity index (χ4v) is 3.80. The molecule has 1 aromatic carbocycles. The molecule has 0 aliphatic carbocycles. The number of hydrogen-bond acceptors (Lipinski definition) is 7. The highest BCUT2D eigenvalue weighted by Crippen LogP contribution is 2.31. The molecular weight excluding hydrogens is 401 g/mol. The summed E-state index contributed by atoms with van der Waals surface area (Å²) in [6.45, 7) is 5.00. The van der Waals surface area contributed by atoms with E-state index in [0.29, 0.717) is 30.4 Å². The second-order valence-electron chi connectivity index (χ2n) is 8.25. The summed E-state index contributed by atoms with van der Waals surface area (Å²) in [6, 6.07) is 6.92. The zero-order chi connectivity index (χ0) is 22.2. The van der Waals surface area contributed by atoms with Crippen LogP contribution < -0.4 is 15.2 Å². The third kappa shape index (κ3) is 4.16. The molecule has 0 bridgehead atoms. The summed E-state index contributed by atoms with van der Waals surface area (Å²) in [7, 11) is 1.39. The average Bonchev–Trinajstić information content (AvgIpc) is 2.74. The monoisotopic (exact) mass is 423 g/mol. The number of carbonyl (C=O) groups is 1. The molecule has 0 saturated carbocycles. The molecule has 0 amide bonds. The number of hydrogen-bond donors (Lipinski definition) is 0. The van der Waals surface area contributed by atoms with Crippen molar-refractivity contribution in [3.05, 3.63) is 64.6 Å². The van der Waals surface area contributed by atoms with Crippen LogP contribution in [0, 0.1) is 11.2 Å². The Morgan fingerprint density at radius 2 is 2.00 bits per heavy atom. The largest absolute Gasteiger partial charge is 0.496 e. The number of fused-ring (bicyclic) bond motifs is 1. The highest BCUT2D eigenvalue weighted by atomic mass is 19.1. The van der Waals surface area contributed by atoms with E-state index < -0.39 is 5.82 Å². The van der Waals surface area contributed by atoms with Gasteiger partial charge in [-0.25, -0.2) is 19.3 Å². The zero-order valence-electron chi connectivity index (χ0n) is 17.5. The molecule has 0 unspecified atom stereocenters. The van der Waals surface area contributed by atoms with Gasteiger partial charge >= 0.3 is 0 Å². The molecule has 3 aromatic rings.